The van der Waals surface area contributed by atoms with Crippen LogP contribution in [0.15, 0.2) is 46.9 Å². The molecule has 6 heteroatoms. The summed E-state index contributed by atoms with van der Waals surface area (Å²) in [6.07, 6.45) is 0. The number of aryl methyl sites for hydroxylation is 1. The van der Waals surface area contributed by atoms with Gasteiger partial charge in [0.2, 0.25) is 0 Å². The summed E-state index contributed by atoms with van der Waals surface area (Å²) in [7, 11) is 0. The van der Waals surface area contributed by atoms with E-state index in [1.165, 1.54) is 18.2 Å². The van der Waals surface area contributed by atoms with Gasteiger partial charge in [0.15, 0.2) is 0 Å². The fraction of sp³-hybridized carbons (Fsp3) is 0.133. The lowest BCUT2D eigenvalue weighted by molar-refractivity contribution is -0.384. The molecular formula is C15H13BrN2O3. The maximum Gasteiger partial charge on any atom is 0.270 e. The standard InChI is InChI=1S/C15H13BrN2O3/c1-10-2-4-11(5-3-10)9-17-15(19)13-8-12(18(20)21)6-7-14(13)16/h2-8H,9H2,1H3,(H,17,19). The molecule has 0 aliphatic carbocycles. The Balaban J connectivity index is 2.11. The van der Waals surface area contributed by atoms with Gasteiger partial charge in [0.1, 0.15) is 0 Å². The van der Waals surface area contributed by atoms with Gasteiger partial charge < -0.3 is 5.32 Å². The van der Waals surface area contributed by atoms with Crippen LogP contribution in [-0.2, 0) is 6.54 Å². The first-order chi connectivity index (χ1) is 9.97. The molecule has 21 heavy (non-hydrogen) atoms. The van der Waals surface area contributed by atoms with Crippen molar-refractivity contribution in [1.29, 1.82) is 0 Å². The zero-order valence-corrected chi connectivity index (χ0v) is 12.9. The SMILES string of the molecule is Cc1ccc(CNC(=O)c2cc([N+](=O)[O-])ccc2Br)cc1. The monoisotopic (exact) mass is 348 g/mol. The maximum absolute atomic E-state index is 12.1. The van der Waals surface area contributed by atoms with Crippen molar-refractivity contribution in [2.45, 2.75) is 13.5 Å². The van der Waals surface area contributed by atoms with E-state index in [9.17, 15) is 14.9 Å². The molecule has 1 N–H and O–H groups in total. The van der Waals surface area contributed by atoms with Gasteiger partial charge in [-0.25, -0.2) is 0 Å². The fourth-order valence-electron chi connectivity index (χ4n) is 1.78. The summed E-state index contributed by atoms with van der Waals surface area (Å²) in [6.45, 7) is 2.36. The summed E-state index contributed by atoms with van der Waals surface area (Å²) in [4.78, 5) is 22.3. The van der Waals surface area contributed by atoms with E-state index in [0.717, 1.165) is 11.1 Å². The predicted octanol–water partition coefficient (Wildman–Crippen LogP) is 3.60. The van der Waals surface area contributed by atoms with Gasteiger partial charge in [-0.1, -0.05) is 29.8 Å². The van der Waals surface area contributed by atoms with E-state index in [4.69, 9.17) is 0 Å². The predicted molar refractivity (Wildman–Crippen MR) is 83.1 cm³/mol. The number of carbonyl (C=O) groups excluding carboxylic acids is 1. The van der Waals surface area contributed by atoms with Gasteiger partial charge in [-0.3, -0.25) is 14.9 Å². The van der Waals surface area contributed by atoms with Crippen LogP contribution in [0.1, 0.15) is 21.5 Å². The van der Waals surface area contributed by atoms with Gasteiger partial charge in [-0.15, -0.1) is 0 Å². The number of amides is 1. The van der Waals surface area contributed by atoms with Gasteiger partial charge in [-0.2, -0.15) is 0 Å². The van der Waals surface area contributed by atoms with E-state index in [2.05, 4.69) is 21.2 Å². The van der Waals surface area contributed by atoms with Crippen molar-refractivity contribution >= 4 is 27.5 Å². The number of nitrogens with one attached hydrogen (secondary N) is 1. The minimum absolute atomic E-state index is 0.112. The minimum atomic E-state index is -0.525. The Morgan fingerprint density at radius 3 is 2.52 bits per heavy atom. The van der Waals surface area contributed by atoms with Gasteiger partial charge in [-0.05, 0) is 34.5 Å². The molecule has 0 atom stereocenters. The van der Waals surface area contributed by atoms with Gasteiger partial charge in [0, 0.05) is 23.2 Å². The highest BCUT2D eigenvalue weighted by Crippen LogP contribution is 2.22. The highest BCUT2D eigenvalue weighted by molar-refractivity contribution is 9.10. The van der Waals surface area contributed by atoms with Crippen LogP contribution in [0.4, 0.5) is 5.69 Å². The molecule has 2 aromatic rings. The number of hydrogen-bond donors (Lipinski definition) is 1. The van der Waals surface area contributed by atoms with Crippen LogP contribution in [0.25, 0.3) is 0 Å². The normalized spacial score (nSPS) is 10.2. The number of carbonyl (C=O) groups is 1. The summed E-state index contributed by atoms with van der Waals surface area (Å²) in [6, 6.07) is 11.9. The number of nitro benzene ring substituents is 1. The Bertz CT molecular complexity index is 684. The molecule has 0 bridgehead atoms. The number of nitro groups is 1. The van der Waals surface area contributed by atoms with Crippen molar-refractivity contribution in [3.63, 3.8) is 0 Å². The molecule has 0 aliphatic heterocycles. The molecule has 0 saturated carbocycles. The molecule has 0 radical (unpaired) electrons. The summed E-state index contributed by atoms with van der Waals surface area (Å²) >= 11 is 3.23. The number of halogens is 1. The molecule has 2 aromatic carbocycles. The average Bonchev–Trinajstić information content (AvgIpc) is 2.46. The molecule has 0 unspecified atom stereocenters. The number of benzene rings is 2. The maximum atomic E-state index is 12.1. The average molecular weight is 349 g/mol. The third-order valence-electron chi connectivity index (χ3n) is 2.98. The van der Waals surface area contributed by atoms with Crippen molar-refractivity contribution in [2.75, 3.05) is 0 Å². The van der Waals surface area contributed by atoms with E-state index in [-0.39, 0.29) is 17.2 Å². The lowest BCUT2D eigenvalue weighted by Gasteiger charge is -2.07. The summed E-state index contributed by atoms with van der Waals surface area (Å²) in [5.41, 5.74) is 2.25. The molecule has 0 aromatic heterocycles. The van der Waals surface area contributed by atoms with E-state index < -0.39 is 4.92 Å². The molecule has 1 amide bonds. The number of non-ortho nitro benzene ring substituents is 1. The zero-order chi connectivity index (χ0) is 15.4. The van der Waals surface area contributed by atoms with Crippen LogP contribution in [0.5, 0.6) is 0 Å². The lowest BCUT2D eigenvalue weighted by Crippen LogP contribution is -2.23. The molecule has 2 rings (SSSR count). The van der Waals surface area contributed by atoms with Crippen LogP contribution >= 0.6 is 15.9 Å². The first kappa shape index (κ1) is 15.2. The molecule has 108 valence electrons. The second-order valence-electron chi connectivity index (χ2n) is 4.59. The first-order valence-electron chi connectivity index (χ1n) is 6.25. The number of hydrogen-bond acceptors (Lipinski definition) is 3. The smallest absolute Gasteiger partial charge is 0.270 e. The van der Waals surface area contributed by atoms with Crippen molar-refractivity contribution in [1.82, 2.24) is 5.32 Å². The van der Waals surface area contributed by atoms with Gasteiger partial charge >= 0.3 is 0 Å². The van der Waals surface area contributed by atoms with E-state index in [1.54, 1.807) is 0 Å². The Hall–Kier alpha value is -2.21. The molecule has 0 fully saturated rings. The van der Waals surface area contributed by atoms with Crippen molar-refractivity contribution in [3.05, 3.63) is 73.7 Å². The van der Waals surface area contributed by atoms with E-state index >= 15 is 0 Å². The molecule has 0 spiro atoms. The first-order valence-corrected chi connectivity index (χ1v) is 7.04. The third kappa shape index (κ3) is 3.88. The molecular weight excluding hydrogens is 336 g/mol. The van der Waals surface area contributed by atoms with Gasteiger partial charge in [0.25, 0.3) is 11.6 Å². The highest BCUT2D eigenvalue weighted by Gasteiger charge is 2.15. The second kappa shape index (κ2) is 6.49. The van der Waals surface area contributed by atoms with Crippen molar-refractivity contribution in [2.24, 2.45) is 0 Å². The van der Waals surface area contributed by atoms with Crippen molar-refractivity contribution < 1.29 is 9.72 Å². The highest BCUT2D eigenvalue weighted by atomic mass is 79.9. The molecule has 0 heterocycles. The topological polar surface area (TPSA) is 72.2 Å². The van der Waals surface area contributed by atoms with Gasteiger partial charge in [0.05, 0.1) is 10.5 Å². The largest absolute Gasteiger partial charge is 0.348 e. The third-order valence-corrected chi connectivity index (χ3v) is 3.67. The van der Waals surface area contributed by atoms with Crippen LogP contribution in [0.3, 0.4) is 0 Å². The molecule has 5 nitrogen and oxygen atoms in total. The molecule has 0 saturated heterocycles. The number of rotatable bonds is 4. The van der Waals surface area contributed by atoms with E-state index in [1.807, 2.05) is 31.2 Å². The van der Waals surface area contributed by atoms with Crippen molar-refractivity contribution in [3.8, 4) is 0 Å². The Kier molecular flexibility index (Phi) is 4.70. The fourth-order valence-corrected chi connectivity index (χ4v) is 2.21. The quantitative estimate of drug-likeness (QED) is 0.677. The Morgan fingerprint density at radius 2 is 1.90 bits per heavy atom. The van der Waals surface area contributed by atoms with E-state index in [0.29, 0.717) is 11.0 Å². The summed E-state index contributed by atoms with van der Waals surface area (Å²) in [5, 5.41) is 13.5. The zero-order valence-electron chi connectivity index (χ0n) is 11.3. The van der Waals surface area contributed by atoms with Crippen LogP contribution in [-0.4, -0.2) is 10.8 Å². The summed E-state index contributed by atoms with van der Waals surface area (Å²) < 4.78 is 0.523. The lowest BCUT2D eigenvalue weighted by atomic mass is 10.1. The number of nitrogens with zero attached hydrogens (tertiary/aromatic N) is 1. The van der Waals surface area contributed by atoms with Crippen LogP contribution < -0.4 is 5.32 Å². The second-order valence-corrected chi connectivity index (χ2v) is 5.44. The van der Waals surface area contributed by atoms with Crippen LogP contribution in [0.2, 0.25) is 0 Å². The summed E-state index contributed by atoms with van der Waals surface area (Å²) in [5.74, 6) is -0.355. The Morgan fingerprint density at radius 1 is 1.24 bits per heavy atom. The van der Waals surface area contributed by atoms with Crippen LogP contribution in [0, 0.1) is 17.0 Å². The minimum Gasteiger partial charge on any atom is -0.348 e. The Labute approximate surface area is 130 Å². The molecule has 0 aliphatic rings.